The van der Waals surface area contributed by atoms with Gasteiger partial charge in [0, 0.05) is 19.6 Å². The quantitative estimate of drug-likeness (QED) is 0.645. The second kappa shape index (κ2) is 9.40. The van der Waals surface area contributed by atoms with Gasteiger partial charge < -0.3 is 24.0 Å². The molecule has 0 bridgehead atoms. The van der Waals surface area contributed by atoms with Gasteiger partial charge in [-0.15, -0.1) is 0 Å². The zero-order valence-electron chi connectivity index (χ0n) is 16.3. The molecule has 0 atom stereocenters. The second-order valence-corrected chi connectivity index (χ2v) is 6.89. The van der Waals surface area contributed by atoms with E-state index in [4.69, 9.17) is 14.2 Å². The van der Waals surface area contributed by atoms with E-state index in [-0.39, 0.29) is 49.9 Å². The molecule has 9 heteroatoms. The molecule has 1 aromatic carbocycles. The van der Waals surface area contributed by atoms with Gasteiger partial charge in [0.1, 0.15) is 5.75 Å². The third-order valence-corrected chi connectivity index (χ3v) is 5.09. The Balaban J connectivity index is 1.42. The number of likely N-dealkylation sites (tertiary alicyclic amines) is 1. The molecule has 2 aliphatic heterocycles. The number of methoxy groups -OCH3 is 1. The van der Waals surface area contributed by atoms with Crippen LogP contribution in [0.25, 0.3) is 0 Å². The van der Waals surface area contributed by atoms with E-state index in [0.29, 0.717) is 37.4 Å². The van der Waals surface area contributed by atoms with Gasteiger partial charge in [-0.2, -0.15) is 0 Å². The Bertz CT molecular complexity index is 787. The maximum atomic E-state index is 12.2. The van der Waals surface area contributed by atoms with Crippen LogP contribution in [0.3, 0.4) is 0 Å². The lowest BCUT2D eigenvalue weighted by atomic mass is 9.97. The molecule has 0 aliphatic carbocycles. The fourth-order valence-corrected chi connectivity index (χ4v) is 3.44. The largest absolute Gasteiger partial charge is 0.482 e. The third kappa shape index (κ3) is 5.04. The SMILES string of the molecule is COC(=O)C1CCN(C(=O)COC(=O)CCN2C(=O)COc3ccccc32)CC1. The van der Waals surface area contributed by atoms with E-state index >= 15 is 0 Å². The van der Waals surface area contributed by atoms with Crippen molar-refractivity contribution in [3.05, 3.63) is 24.3 Å². The van der Waals surface area contributed by atoms with Crippen molar-refractivity contribution in [2.75, 3.05) is 44.9 Å². The maximum Gasteiger partial charge on any atom is 0.308 e. The summed E-state index contributed by atoms with van der Waals surface area (Å²) in [6.07, 6.45) is 1.04. The van der Waals surface area contributed by atoms with Crippen molar-refractivity contribution < 1.29 is 33.4 Å². The molecule has 1 fully saturated rings. The maximum absolute atomic E-state index is 12.2. The summed E-state index contributed by atoms with van der Waals surface area (Å²) in [6, 6.07) is 7.10. The fraction of sp³-hybridized carbons (Fsp3) is 0.500. The number of hydrogen-bond acceptors (Lipinski definition) is 7. The zero-order valence-corrected chi connectivity index (χ0v) is 16.3. The molecule has 0 radical (unpaired) electrons. The molecule has 3 rings (SSSR count). The smallest absolute Gasteiger partial charge is 0.308 e. The van der Waals surface area contributed by atoms with Crippen LogP contribution in [0.1, 0.15) is 19.3 Å². The highest BCUT2D eigenvalue weighted by Gasteiger charge is 2.29. The summed E-state index contributed by atoms with van der Waals surface area (Å²) in [4.78, 5) is 51.0. The molecule has 1 aromatic rings. The number of ether oxygens (including phenoxy) is 3. The normalized spacial score (nSPS) is 16.7. The fourth-order valence-electron chi connectivity index (χ4n) is 3.44. The van der Waals surface area contributed by atoms with Crippen molar-refractivity contribution in [3.8, 4) is 5.75 Å². The minimum absolute atomic E-state index is 0.0300. The molecule has 2 amide bonds. The molecular formula is C20H24N2O7. The summed E-state index contributed by atoms with van der Waals surface area (Å²) in [7, 11) is 1.35. The summed E-state index contributed by atoms with van der Waals surface area (Å²) in [5, 5.41) is 0. The number of amides is 2. The van der Waals surface area contributed by atoms with Crippen LogP contribution in [0.5, 0.6) is 5.75 Å². The van der Waals surface area contributed by atoms with Crippen LogP contribution in [-0.4, -0.2) is 68.6 Å². The number of rotatable bonds is 6. The first-order valence-electron chi connectivity index (χ1n) is 9.53. The minimum atomic E-state index is -0.556. The van der Waals surface area contributed by atoms with Crippen molar-refractivity contribution in [1.29, 1.82) is 0 Å². The molecule has 1 saturated heterocycles. The molecular weight excluding hydrogens is 380 g/mol. The molecule has 0 N–H and O–H groups in total. The Kier molecular flexibility index (Phi) is 6.69. The predicted molar refractivity (Wildman–Crippen MR) is 101 cm³/mol. The van der Waals surface area contributed by atoms with Crippen molar-refractivity contribution in [2.24, 2.45) is 5.92 Å². The van der Waals surface area contributed by atoms with Gasteiger partial charge >= 0.3 is 11.9 Å². The summed E-state index contributed by atoms with van der Waals surface area (Å²) in [5.41, 5.74) is 0.612. The van der Waals surface area contributed by atoms with Gasteiger partial charge in [0.05, 0.1) is 25.1 Å². The number of anilines is 1. The van der Waals surface area contributed by atoms with E-state index in [9.17, 15) is 19.2 Å². The monoisotopic (exact) mass is 404 g/mol. The van der Waals surface area contributed by atoms with Crippen LogP contribution in [0.2, 0.25) is 0 Å². The molecule has 156 valence electrons. The van der Waals surface area contributed by atoms with E-state index in [1.165, 1.54) is 12.0 Å². The van der Waals surface area contributed by atoms with Gasteiger partial charge in [-0.25, -0.2) is 0 Å². The number of para-hydroxylation sites is 2. The molecule has 0 aromatic heterocycles. The average molecular weight is 404 g/mol. The Morgan fingerprint density at radius 1 is 1.17 bits per heavy atom. The van der Waals surface area contributed by atoms with E-state index in [2.05, 4.69) is 0 Å². The highest BCUT2D eigenvalue weighted by molar-refractivity contribution is 5.98. The minimum Gasteiger partial charge on any atom is -0.482 e. The second-order valence-electron chi connectivity index (χ2n) is 6.89. The number of fused-ring (bicyclic) bond motifs is 1. The van der Waals surface area contributed by atoms with Crippen molar-refractivity contribution >= 4 is 29.4 Å². The molecule has 0 spiro atoms. The van der Waals surface area contributed by atoms with Gasteiger partial charge in [0.2, 0.25) is 0 Å². The van der Waals surface area contributed by atoms with Crippen LogP contribution in [0.15, 0.2) is 24.3 Å². The number of nitrogens with zero attached hydrogens (tertiary/aromatic N) is 2. The topological polar surface area (TPSA) is 102 Å². The summed E-state index contributed by atoms with van der Waals surface area (Å²) < 4.78 is 15.2. The Labute approximate surface area is 168 Å². The van der Waals surface area contributed by atoms with Crippen LogP contribution < -0.4 is 9.64 Å². The standard InChI is InChI=1S/C20H24N2O7/c1-27-20(26)14-6-9-21(10-7-14)17(23)12-29-19(25)8-11-22-15-4-2-3-5-16(15)28-13-18(22)24/h2-5,14H,6-13H2,1H3. The van der Waals surface area contributed by atoms with E-state index < -0.39 is 5.97 Å². The molecule has 0 saturated carbocycles. The van der Waals surface area contributed by atoms with Gasteiger partial charge in [-0.3, -0.25) is 19.2 Å². The molecule has 29 heavy (non-hydrogen) atoms. The van der Waals surface area contributed by atoms with E-state index in [1.807, 2.05) is 0 Å². The Morgan fingerprint density at radius 2 is 1.90 bits per heavy atom. The molecule has 0 unspecified atom stereocenters. The number of esters is 2. The lowest BCUT2D eigenvalue weighted by Gasteiger charge is -2.30. The number of carbonyl (C=O) groups excluding carboxylic acids is 4. The summed E-state index contributed by atoms with van der Waals surface area (Å²) in [5.74, 6) is -0.954. The predicted octanol–water partition coefficient (Wildman–Crippen LogP) is 0.757. The highest BCUT2D eigenvalue weighted by Crippen LogP contribution is 2.31. The van der Waals surface area contributed by atoms with Crippen molar-refractivity contribution in [1.82, 2.24) is 4.90 Å². The average Bonchev–Trinajstić information content (AvgIpc) is 2.76. The first-order valence-corrected chi connectivity index (χ1v) is 9.53. The van der Waals surface area contributed by atoms with Crippen LogP contribution in [0.4, 0.5) is 5.69 Å². The first-order chi connectivity index (χ1) is 14.0. The number of benzene rings is 1. The van der Waals surface area contributed by atoms with Crippen molar-refractivity contribution in [2.45, 2.75) is 19.3 Å². The van der Waals surface area contributed by atoms with Gasteiger partial charge in [0.15, 0.2) is 13.2 Å². The molecule has 9 nitrogen and oxygen atoms in total. The number of hydrogen-bond donors (Lipinski definition) is 0. The lowest BCUT2D eigenvalue weighted by Crippen LogP contribution is -2.42. The van der Waals surface area contributed by atoms with Gasteiger partial charge in [-0.05, 0) is 25.0 Å². The summed E-state index contributed by atoms with van der Waals surface area (Å²) >= 11 is 0. The van der Waals surface area contributed by atoms with E-state index in [1.54, 1.807) is 29.2 Å². The van der Waals surface area contributed by atoms with Crippen LogP contribution >= 0.6 is 0 Å². The first kappa shape index (κ1) is 20.6. The third-order valence-electron chi connectivity index (χ3n) is 5.09. The highest BCUT2D eigenvalue weighted by atomic mass is 16.5. The number of piperidine rings is 1. The van der Waals surface area contributed by atoms with E-state index in [0.717, 1.165) is 0 Å². The molecule has 2 aliphatic rings. The van der Waals surface area contributed by atoms with Crippen molar-refractivity contribution in [3.63, 3.8) is 0 Å². The lowest BCUT2D eigenvalue weighted by molar-refractivity contribution is -0.154. The summed E-state index contributed by atoms with van der Waals surface area (Å²) in [6.45, 7) is 0.572. The van der Waals surface area contributed by atoms with Gasteiger partial charge in [0.25, 0.3) is 11.8 Å². The van der Waals surface area contributed by atoms with Crippen LogP contribution in [-0.2, 0) is 28.7 Å². The van der Waals surface area contributed by atoms with Gasteiger partial charge in [-0.1, -0.05) is 12.1 Å². The molecule has 2 heterocycles. The Morgan fingerprint density at radius 3 is 2.62 bits per heavy atom. The number of carbonyl (C=O) groups is 4. The Hall–Kier alpha value is -3.10. The zero-order chi connectivity index (χ0) is 20.8. The van der Waals surface area contributed by atoms with Crippen LogP contribution in [0, 0.1) is 5.92 Å².